The Balaban J connectivity index is 1.85. The van der Waals surface area contributed by atoms with Crippen molar-refractivity contribution < 1.29 is 23.4 Å². The Bertz CT molecular complexity index is 957. The summed E-state index contributed by atoms with van der Waals surface area (Å²) in [6.07, 6.45) is 1.65. The lowest BCUT2D eigenvalue weighted by Gasteiger charge is -2.12. The van der Waals surface area contributed by atoms with Gasteiger partial charge in [-0.1, -0.05) is 19.9 Å². The standard InChI is InChI=1S/C19H19F2N3O3S/c1-11(2)17(25)13-8-16(27-19(26)23-18-22-5-6-28-18)24(10-13)9-12-3-4-14(20)15(21)7-12/h3-8,10-11,17,25H,9H2,1-2H3,(H,22,23,26). The Morgan fingerprint density at radius 2 is 2.11 bits per heavy atom. The molecule has 3 rings (SSSR count). The van der Waals surface area contributed by atoms with Gasteiger partial charge < -0.3 is 14.4 Å². The van der Waals surface area contributed by atoms with E-state index in [0.29, 0.717) is 16.3 Å². The summed E-state index contributed by atoms with van der Waals surface area (Å²) in [4.78, 5) is 16.1. The highest BCUT2D eigenvalue weighted by Gasteiger charge is 2.19. The number of aliphatic hydroxyl groups excluding tert-OH is 1. The molecule has 0 aliphatic heterocycles. The van der Waals surface area contributed by atoms with Gasteiger partial charge in [0.25, 0.3) is 0 Å². The minimum Gasteiger partial charge on any atom is -0.393 e. The summed E-state index contributed by atoms with van der Waals surface area (Å²) in [5, 5.41) is 14.9. The van der Waals surface area contributed by atoms with Crippen molar-refractivity contribution in [3.8, 4) is 5.88 Å². The molecule has 1 aromatic carbocycles. The molecule has 0 fully saturated rings. The lowest BCUT2D eigenvalue weighted by molar-refractivity contribution is 0.127. The zero-order valence-corrected chi connectivity index (χ0v) is 16.0. The number of aliphatic hydroxyl groups is 1. The number of aromatic nitrogens is 2. The molecule has 3 aromatic rings. The highest BCUT2D eigenvalue weighted by molar-refractivity contribution is 7.13. The first-order valence-electron chi connectivity index (χ1n) is 8.54. The van der Waals surface area contributed by atoms with E-state index in [1.165, 1.54) is 17.4 Å². The van der Waals surface area contributed by atoms with Crippen molar-refractivity contribution in [1.82, 2.24) is 9.55 Å². The van der Waals surface area contributed by atoms with Gasteiger partial charge in [0.05, 0.1) is 12.6 Å². The normalized spacial score (nSPS) is 12.2. The van der Waals surface area contributed by atoms with Gasteiger partial charge in [0.2, 0.25) is 5.88 Å². The van der Waals surface area contributed by atoms with Gasteiger partial charge in [-0.05, 0) is 23.6 Å². The van der Waals surface area contributed by atoms with Crippen LogP contribution in [0, 0.1) is 17.6 Å². The molecule has 6 nitrogen and oxygen atoms in total. The van der Waals surface area contributed by atoms with E-state index in [2.05, 4.69) is 10.3 Å². The van der Waals surface area contributed by atoms with Gasteiger partial charge >= 0.3 is 6.09 Å². The Hall–Kier alpha value is -2.78. The van der Waals surface area contributed by atoms with Crippen LogP contribution < -0.4 is 10.1 Å². The minimum atomic E-state index is -0.962. The van der Waals surface area contributed by atoms with Crippen molar-refractivity contribution in [3.05, 3.63) is 64.8 Å². The SMILES string of the molecule is CC(C)C(O)c1cc(OC(=O)Nc2nccs2)n(Cc2ccc(F)c(F)c2)c1. The van der Waals surface area contributed by atoms with E-state index in [4.69, 9.17) is 4.74 Å². The Labute approximate surface area is 164 Å². The van der Waals surface area contributed by atoms with Crippen LogP contribution in [-0.4, -0.2) is 20.8 Å². The van der Waals surface area contributed by atoms with Gasteiger partial charge in [-0.3, -0.25) is 5.32 Å². The predicted molar refractivity (Wildman–Crippen MR) is 101 cm³/mol. The van der Waals surface area contributed by atoms with Crippen molar-refractivity contribution in [3.63, 3.8) is 0 Å². The van der Waals surface area contributed by atoms with Gasteiger partial charge in [0.1, 0.15) is 0 Å². The minimum absolute atomic E-state index is 0.0592. The van der Waals surface area contributed by atoms with Crippen LogP contribution in [0.4, 0.5) is 18.7 Å². The van der Waals surface area contributed by atoms with Gasteiger partial charge in [0, 0.05) is 29.4 Å². The van der Waals surface area contributed by atoms with Crippen molar-refractivity contribution in [2.75, 3.05) is 5.32 Å². The first-order valence-corrected chi connectivity index (χ1v) is 9.42. The zero-order valence-electron chi connectivity index (χ0n) is 15.2. The number of nitrogens with one attached hydrogen (secondary N) is 1. The lowest BCUT2D eigenvalue weighted by Crippen LogP contribution is -2.18. The maximum absolute atomic E-state index is 13.5. The molecule has 9 heteroatoms. The van der Waals surface area contributed by atoms with Crippen LogP contribution in [0.5, 0.6) is 5.88 Å². The van der Waals surface area contributed by atoms with E-state index in [1.807, 2.05) is 13.8 Å². The van der Waals surface area contributed by atoms with Crippen LogP contribution in [0.25, 0.3) is 0 Å². The molecule has 0 aliphatic rings. The summed E-state index contributed by atoms with van der Waals surface area (Å²) in [5.74, 6) is -1.80. The fourth-order valence-corrected chi connectivity index (χ4v) is 3.11. The van der Waals surface area contributed by atoms with E-state index < -0.39 is 23.8 Å². The fourth-order valence-electron chi connectivity index (χ4n) is 2.59. The van der Waals surface area contributed by atoms with E-state index in [9.17, 15) is 18.7 Å². The second-order valence-corrected chi connectivity index (χ2v) is 7.42. The topological polar surface area (TPSA) is 76.4 Å². The molecule has 0 spiro atoms. The van der Waals surface area contributed by atoms with Gasteiger partial charge in [-0.25, -0.2) is 18.6 Å². The van der Waals surface area contributed by atoms with Crippen molar-refractivity contribution in [2.45, 2.75) is 26.5 Å². The van der Waals surface area contributed by atoms with E-state index in [-0.39, 0.29) is 18.3 Å². The summed E-state index contributed by atoms with van der Waals surface area (Å²) >= 11 is 1.24. The van der Waals surface area contributed by atoms with E-state index >= 15 is 0 Å². The molecule has 0 aliphatic carbocycles. The number of carbonyl (C=O) groups excluding carboxylic acids is 1. The van der Waals surface area contributed by atoms with E-state index in [1.54, 1.807) is 28.4 Å². The quantitative estimate of drug-likeness (QED) is 0.628. The van der Waals surface area contributed by atoms with Crippen LogP contribution in [0.3, 0.4) is 0 Å². The third kappa shape index (κ3) is 4.73. The molecule has 0 bridgehead atoms. The number of anilines is 1. The van der Waals surface area contributed by atoms with Gasteiger partial charge in [-0.15, -0.1) is 11.3 Å². The highest BCUT2D eigenvalue weighted by Crippen LogP contribution is 2.28. The first-order chi connectivity index (χ1) is 13.3. The molecular weight excluding hydrogens is 388 g/mol. The Kier molecular flexibility index (Phi) is 6.05. The van der Waals surface area contributed by atoms with Crippen LogP contribution in [0.15, 0.2) is 42.0 Å². The number of benzene rings is 1. The molecule has 0 saturated carbocycles. The predicted octanol–water partition coefficient (Wildman–Crippen LogP) is 4.57. The fraction of sp³-hybridized carbons (Fsp3) is 0.263. The van der Waals surface area contributed by atoms with Crippen molar-refractivity contribution in [1.29, 1.82) is 0 Å². The number of thiazole rings is 1. The average molecular weight is 407 g/mol. The van der Waals surface area contributed by atoms with Crippen LogP contribution >= 0.6 is 11.3 Å². The second-order valence-electron chi connectivity index (χ2n) is 6.53. The monoisotopic (exact) mass is 407 g/mol. The van der Waals surface area contributed by atoms with Crippen LogP contribution in [-0.2, 0) is 6.54 Å². The molecule has 0 radical (unpaired) electrons. The molecule has 28 heavy (non-hydrogen) atoms. The molecule has 2 N–H and O–H groups in total. The molecule has 0 saturated heterocycles. The second kappa shape index (κ2) is 8.49. The molecule has 2 heterocycles. The molecule has 1 amide bonds. The average Bonchev–Trinajstić information content (AvgIpc) is 3.28. The number of amides is 1. The first kappa shape index (κ1) is 20.0. The Morgan fingerprint density at radius 1 is 1.32 bits per heavy atom. The molecule has 1 unspecified atom stereocenters. The number of hydrogen-bond donors (Lipinski definition) is 2. The number of halogens is 2. The maximum atomic E-state index is 13.5. The van der Waals surface area contributed by atoms with Gasteiger partial charge in [0.15, 0.2) is 16.8 Å². The molecule has 2 aromatic heterocycles. The number of ether oxygens (including phenoxy) is 1. The summed E-state index contributed by atoms with van der Waals surface area (Å²) < 4.78 is 33.6. The van der Waals surface area contributed by atoms with Gasteiger partial charge in [-0.2, -0.15) is 0 Å². The number of nitrogens with zero attached hydrogens (tertiary/aromatic N) is 2. The zero-order chi connectivity index (χ0) is 20.3. The summed E-state index contributed by atoms with van der Waals surface area (Å²) in [6.45, 7) is 3.84. The van der Waals surface area contributed by atoms with Crippen molar-refractivity contribution in [2.24, 2.45) is 5.92 Å². The summed E-state index contributed by atoms with van der Waals surface area (Å²) in [7, 11) is 0. The molecular formula is C19H19F2N3O3S. The highest BCUT2D eigenvalue weighted by atomic mass is 32.1. The molecule has 1 atom stereocenters. The summed E-state index contributed by atoms with van der Waals surface area (Å²) in [6, 6.07) is 5.10. The van der Waals surface area contributed by atoms with Crippen molar-refractivity contribution >= 4 is 22.6 Å². The largest absolute Gasteiger partial charge is 0.420 e. The maximum Gasteiger partial charge on any atom is 0.420 e. The van der Waals surface area contributed by atoms with Crippen LogP contribution in [0.1, 0.15) is 31.1 Å². The van der Waals surface area contributed by atoms with Crippen LogP contribution in [0.2, 0.25) is 0 Å². The number of rotatable bonds is 6. The lowest BCUT2D eigenvalue weighted by atomic mass is 10.0. The third-order valence-corrected chi connectivity index (χ3v) is 4.72. The summed E-state index contributed by atoms with van der Waals surface area (Å²) in [5.41, 5.74) is 1.03. The smallest absolute Gasteiger partial charge is 0.393 e. The Morgan fingerprint density at radius 3 is 2.75 bits per heavy atom. The number of hydrogen-bond acceptors (Lipinski definition) is 5. The van der Waals surface area contributed by atoms with E-state index in [0.717, 1.165) is 12.1 Å². The third-order valence-electron chi connectivity index (χ3n) is 4.03. The number of carbonyl (C=O) groups is 1. The molecule has 148 valence electrons.